The topological polar surface area (TPSA) is 148 Å². The van der Waals surface area contributed by atoms with Gasteiger partial charge in [-0.25, -0.2) is 0 Å². The number of aromatic nitrogens is 3. The Morgan fingerprint density at radius 2 is 1.27 bits per heavy atom. The van der Waals surface area contributed by atoms with Gasteiger partial charge in [0.05, 0.1) is 16.3 Å². The van der Waals surface area contributed by atoms with Crippen molar-refractivity contribution in [3.8, 4) is 0 Å². The van der Waals surface area contributed by atoms with E-state index in [4.69, 9.17) is 0 Å². The molecule has 1 aromatic carbocycles. The van der Waals surface area contributed by atoms with E-state index in [0.717, 1.165) is 24.1 Å². The minimum Gasteiger partial charge on any atom is -0.351 e. The Morgan fingerprint density at radius 1 is 0.773 bits per heavy atom. The fourth-order valence-corrected chi connectivity index (χ4v) is 4.60. The molecule has 13 nitrogen and oxygen atoms in total. The minimum atomic E-state index is -0.451. The van der Waals surface area contributed by atoms with E-state index in [9.17, 15) is 24.5 Å². The van der Waals surface area contributed by atoms with E-state index in [1.54, 1.807) is 89.8 Å². The first-order chi connectivity index (χ1) is 20.9. The van der Waals surface area contributed by atoms with Crippen molar-refractivity contribution in [1.29, 1.82) is 0 Å². The van der Waals surface area contributed by atoms with Crippen LogP contribution in [0.3, 0.4) is 0 Å². The molecule has 0 saturated carbocycles. The fourth-order valence-electron chi connectivity index (χ4n) is 4.60. The summed E-state index contributed by atoms with van der Waals surface area (Å²) in [5.74, 6) is -0.972. The molecule has 0 bridgehead atoms. The molecule has 0 atom stereocenters. The van der Waals surface area contributed by atoms with E-state index >= 15 is 0 Å². The van der Waals surface area contributed by atoms with Gasteiger partial charge in [-0.05, 0) is 68.5 Å². The van der Waals surface area contributed by atoms with Crippen LogP contribution in [0.1, 0.15) is 49.0 Å². The van der Waals surface area contributed by atoms with E-state index in [1.807, 2.05) is 25.1 Å². The number of nitro benzene ring substituents is 1. The molecule has 230 valence electrons. The molecule has 0 spiro atoms. The van der Waals surface area contributed by atoms with Gasteiger partial charge in [0.15, 0.2) is 0 Å². The fraction of sp³-hybridized carbons (Fsp3) is 0.258. The van der Waals surface area contributed by atoms with Gasteiger partial charge in [0.25, 0.3) is 23.4 Å². The van der Waals surface area contributed by atoms with Crippen LogP contribution < -0.4 is 16.0 Å². The Kier molecular flexibility index (Phi) is 9.81. The maximum absolute atomic E-state index is 13.1. The molecule has 0 fully saturated rings. The van der Waals surface area contributed by atoms with Crippen LogP contribution in [0.25, 0.3) is 12.2 Å². The Bertz CT molecular complexity index is 1710. The third-order valence-corrected chi connectivity index (χ3v) is 6.89. The minimum absolute atomic E-state index is 0.0164. The maximum Gasteiger partial charge on any atom is 0.272 e. The van der Waals surface area contributed by atoms with Gasteiger partial charge < -0.3 is 34.6 Å². The van der Waals surface area contributed by atoms with Gasteiger partial charge in [-0.15, -0.1) is 0 Å². The van der Waals surface area contributed by atoms with E-state index in [-0.39, 0.29) is 17.5 Å². The van der Waals surface area contributed by atoms with Crippen molar-refractivity contribution in [2.24, 2.45) is 21.1 Å². The highest BCUT2D eigenvalue weighted by Gasteiger charge is 2.18. The molecule has 4 rings (SSSR count). The van der Waals surface area contributed by atoms with E-state index in [0.29, 0.717) is 35.0 Å². The summed E-state index contributed by atoms with van der Waals surface area (Å²) in [6.45, 7) is 1.41. The standard InChI is InChI=1S/C31H36N8O5/c1-35(2)14-6-13-32-29(40)27-16-23(19-37(27)4)34-31(42)28-17-24(20-38(28)5)33-30(41)26-15-22(18-36(26)3)8-7-21-9-11-25(12-10-21)39(43)44/h7-12,15-20H,6,13-14H2,1-5H3,(H,32,40)(H,33,41)(H,34,42)/b8-7+. The van der Waals surface area contributed by atoms with Crippen LogP contribution in [0, 0.1) is 10.1 Å². The van der Waals surface area contributed by atoms with Crippen molar-refractivity contribution in [3.05, 3.63) is 99.4 Å². The lowest BCUT2D eigenvalue weighted by Gasteiger charge is -2.10. The summed E-state index contributed by atoms with van der Waals surface area (Å²) in [6.07, 6.45) is 9.54. The van der Waals surface area contributed by atoms with Gasteiger partial charge in [-0.1, -0.05) is 12.2 Å². The quantitative estimate of drug-likeness (QED) is 0.127. The molecule has 4 aromatic rings. The first kappa shape index (κ1) is 31.5. The highest BCUT2D eigenvalue weighted by molar-refractivity contribution is 6.07. The number of nitrogens with one attached hydrogen (secondary N) is 3. The maximum atomic E-state index is 13.1. The first-order valence-electron chi connectivity index (χ1n) is 13.9. The molecule has 0 radical (unpaired) electrons. The zero-order chi connectivity index (χ0) is 32.0. The summed E-state index contributed by atoms with van der Waals surface area (Å²) >= 11 is 0. The molecule has 3 amide bonds. The van der Waals surface area contributed by atoms with Crippen LogP contribution >= 0.6 is 0 Å². The predicted molar refractivity (Wildman–Crippen MR) is 170 cm³/mol. The van der Waals surface area contributed by atoms with Crippen molar-refractivity contribution >= 4 is 46.9 Å². The van der Waals surface area contributed by atoms with Crippen molar-refractivity contribution < 1.29 is 19.3 Å². The summed E-state index contributed by atoms with van der Waals surface area (Å²) in [5.41, 5.74) is 3.63. The van der Waals surface area contributed by atoms with E-state index in [1.165, 1.54) is 12.1 Å². The zero-order valence-electron chi connectivity index (χ0n) is 25.3. The SMILES string of the molecule is CN(C)CCCNC(=O)c1cc(NC(=O)c2cc(NC(=O)c3cc(/C=C/c4ccc([N+](=O)[O-])cc4)cn3C)cn2C)cn1C. The van der Waals surface area contributed by atoms with E-state index < -0.39 is 10.8 Å². The molecule has 0 unspecified atom stereocenters. The number of benzene rings is 1. The second kappa shape index (κ2) is 13.7. The highest BCUT2D eigenvalue weighted by Crippen LogP contribution is 2.20. The van der Waals surface area contributed by atoms with Gasteiger partial charge in [0.1, 0.15) is 17.1 Å². The monoisotopic (exact) mass is 600 g/mol. The van der Waals surface area contributed by atoms with Crippen molar-refractivity contribution in [2.75, 3.05) is 37.8 Å². The van der Waals surface area contributed by atoms with Crippen molar-refractivity contribution in [2.45, 2.75) is 6.42 Å². The van der Waals surface area contributed by atoms with Crippen molar-refractivity contribution in [3.63, 3.8) is 0 Å². The van der Waals surface area contributed by atoms with Crippen LogP contribution in [0.4, 0.5) is 17.1 Å². The molecular formula is C31H36N8O5. The van der Waals surface area contributed by atoms with Crippen LogP contribution in [0.5, 0.6) is 0 Å². The lowest BCUT2D eigenvalue weighted by Crippen LogP contribution is -2.28. The first-order valence-corrected chi connectivity index (χ1v) is 13.9. The van der Waals surface area contributed by atoms with Crippen LogP contribution in [-0.4, -0.2) is 68.4 Å². The number of aryl methyl sites for hydroxylation is 3. The second-order valence-electron chi connectivity index (χ2n) is 10.7. The second-order valence-corrected chi connectivity index (χ2v) is 10.7. The number of hydrogen-bond acceptors (Lipinski definition) is 6. The number of carbonyl (C=O) groups is 3. The number of nitro groups is 1. The van der Waals surface area contributed by atoms with Crippen LogP contribution in [-0.2, 0) is 21.1 Å². The summed E-state index contributed by atoms with van der Waals surface area (Å²) in [7, 11) is 9.14. The summed E-state index contributed by atoms with van der Waals surface area (Å²) in [5, 5.41) is 19.4. The molecule has 13 heteroatoms. The van der Waals surface area contributed by atoms with Gasteiger partial charge >= 0.3 is 0 Å². The largest absolute Gasteiger partial charge is 0.351 e. The number of amides is 3. The number of rotatable bonds is 12. The molecule has 44 heavy (non-hydrogen) atoms. The molecule has 0 aliphatic rings. The third-order valence-electron chi connectivity index (χ3n) is 6.89. The number of anilines is 2. The molecule has 0 aliphatic carbocycles. The Balaban J connectivity index is 1.37. The summed E-state index contributed by atoms with van der Waals surface area (Å²) in [6, 6.07) is 11.1. The lowest BCUT2D eigenvalue weighted by atomic mass is 10.1. The zero-order valence-corrected chi connectivity index (χ0v) is 25.3. The van der Waals surface area contributed by atoms with Crippen LogP contribution in [0.2, 0.25) is 0 Å². The Labute approximate surface area is 254 Å². The third kappa shape index (κ3) is 7.89. The number of non-ortho nitro benzene ring substituents is 1. The van der Waals surface area contributed by atoms with Gasteiger partial charge in [0.2, 0.25) is 0 Å². The highest BCUT2D eigenvalue weighted by atomic mass is 16.6. The molecule has 3 heterocycles. The van der Waals surface area contributed by atoms with Gasteiger partial charge in [-0.3, -0.25) is 24.5 Å². The Morgan fingerprint density at radius 3 is 1.82 bits per heavy atom. The van der Waals surface area contributed by atoms with Crippen molar-refractivity contribution in [1.82, 2.24) is 23.9 Å². The average molecular weight is 601 g/mol. The number of hydrogen-bond donors (Lipinski definition) is 3. The smallest absolute Gasteiger partial charge is 0.272 e. The summed E-state index contributed by atoms with van der Waals surface area (Å²) in [4.78, 5) is 51.2. The average Bonchev–Trinajstić information content (AvgIpc) is 3.65. The van der Waals surface area contributed by atoms with Gasteiger partial charge in [-0.2, -0.15) is 0 Å². The van der Waals surface area contributed by atoms with Crippen LogP contribution in [0.15, 0.2) is 61.1 Å². The Hall–Kier alpha value is -5.43. The normalized spacial score (nSPS) is 11.2. The molecular weight excluding hydrogens is 564 g/mol. The summed E-state index contributed by atoms with van der Waals surface area (Å²) < 4.78 is 4.95. The molecule has 3 N–H and O–H groups in total. The number of nitrogens with zero attached hydrogens (tertiary/aromatic N) is 5. The lowest BCUT2D eigenvalue weighted by molar-refractivity contribution is -0.384. The number of carbonyl (C=O) groups excluding carboxylic acids is 3. The molecule has 3 aromatic heterocycles. The molecule has 0 saturated heterocycles. The predicted octanol–water partition coefficient (Wildman–Crippen LogP) is 3.97. The molecule has 0 aliphatic heterocycles. The van der Waals surface area contributed by atoms with E-state index in [2.05, 4.69) is 16.0 Å². The van der Waals surface area contributed by atoms with Gasteiger partial charge in [0, 0.05) is 58.4 Å².